The molecule has 3 aromatic rings. The average Bonchev–Trinajstić information content (AvgIpc) is 3.30. The Morgan fingerprint density at radius 2 is 1.57 bits per heavy atom. The van der Waals surface area contributed by atoms with E-state index in [1.165, 1.54) is 16.2 Å². The van der Waals surface area contributed by atoms with E-state index in [9.17, 15) is 14.4 Å². The third-order valence-corrected chi connectivity index (χ3v) is 5.65. The van der Waals surface area contributed by atoms with E-state index < -0.39 is 11.1 Å². The molecule has 8 nitrogen and oxygen atoms in total. The Balaban J connectivity index is 1.89. The maximum Gasteiger partial charge on any atom is 0.316 e. The minimum Gasteiger partial charge on any atom is -0.496 e. The van der Waals surface area contributed by atoms with Gasteiger partial charge in [-0.25, -0.2) is 0 Å². The van der Waals surface area contributed by atoms with Gasteiger partial charge in [0.25, 0.3) is 5.91 Å². The topological polar surface area (TPSA) is 85.6 Å². The second-order valence-electron chi connectivity index (χ2n) is 7.43. The maximum absolute atomic E-state index is 13.0. The third-order valence-electron chi connectivity index (χ3n) is 5.65. The van der Waals surface area contributed by atoms with Gasteiger partial charge in [0, 0.05) is 27.2 Å². The summed E-state index contributed by atoms with van der Waals surface area (Å²) in [5.41, 5.74) is 1.86. The molecule has 1 aromatic heterocycles. The summed E-state index contributed by atoms with van der Waals surface area (Å²) in [4.78, 5) is 39.8. The van der Waals surface area contributed by atoms with Gasteiger partial charge >= 0.3 is 11.1 Å². The van der Waals surface area contributed by atoms with Crippen LogP contribution in [0.2, 0.25) is 0 Å². The molecule has 0 unspecified atom stereocenters. The number of methoxy groups -OCH3 is 1. The second-order valence-corrected chi connectivity index (χ2v) is 7.43. The van der Waals surface area contributed by atoms with Crippen molar-refractivity contribution < 1.29 is 9.53 Å². The van der Waals surface area contributed by atoms with Gasteiger partial charge in [-0.15, -0.1) is 0 Å². The molecule has 0 atom stereocenters. The summed E-state index contributed by atoms with van der Waals surface area (Å²) in [5.74, 6) is 0.176. The summed E-state index contributed by atoms with van der Waals surface area (Å²) in [6.45, 7) is 1.73. The smallest absolute Gasteiger partial charge is 0.316 e. The zero-order valence-corrected chi connectivity index (χ0v) is 17.3. The number of carbonyl (C=O) groups excluding carboxylic acids is 1. The number of anilines is 2. The lowest BCUT2D eigenvalue weighted by atomic mass is 10.1. The van der Waals surface area contributed by atoms with Crippen LogP contribution in [0.3, 0.4) is 0 Å². The number of aryl methyl sites for hydroxylation is 2. The van der Waals surface area contributed by atoms with E-state index in [-0.39, 0.29) is 5.91 Å². The van der Waals surface area contributed by atoms with Crippen LogP contribution in [0, 0.1) is 0 Å². The lowest BCUT2D eigenvalue weighted by Crippen LogP contribution is -2.39. The standard InChI is InChI=1S/C22H24N4O4/c1-24-17-12-15(23-20(27)14-8-4-5-9-19(14)30-3)16(26-10-6-7-11-26)13-18(17)25(2)22(29)21(24)28/h4-5,8-9,12-13H,6-7,10-11H2,1-3H3,(H,23,27). The molecule has 1 aliphatic rings. The largest absolute Gasteiger partial charge is 0.496 e. The molecule has 0 bridgehead atoms. The van der Waals surface area contributed by atoms with Crippen molar-refractivity contribution in [2.24, 2.45) is 14.1 Å². The van der Waals surface area contributed by atoms with Crippen LogP contribution in [0.15, 0.2) is 46.0 Å². The number of para-hydroxylation sites is 1. The fourth-order valence-electron chi connectivity index (χ4n) is 3.95. The van der Waals surface area contributed by atoms with E-state index in [2.05, 4.69) is 10.2 Å². The van der Waals surface area contributed by atoms with Crippen molar-refractivity contribution in [3.8, 4) is 5.75 Å². The van der Waals surface area contributed by atoms with Gasteiger partial charge in [0.15, 0.2) is 0 Å². The first-order valence-corrected chi connectivity index (χ1v) is 9.85. The molecule has 0 saturated carbocycles. The Morgan fingerprint density at radius 1 is 0.967 bits per heavy atom. The monoisotopic (exact) mass is 408 g/mol. The van der Waals surface area contributed by atoms with Crippen molar-refractivity contribution in [3.05, 3.63) is 62.7 Å². The van der Waals surface area contributed by atoms with Crippen LogP contribution in [0.25, 0.3) is 11.0 Å². The molecule has 0 aliphatic carbocycles. The van der Waals surface area contributed by atoms with Crippen LogP contribution in [-0.2, 0) is 14.1 Å². The highest BCUT2D eigenvalue weighted by atomic mass is 16.5. The van der Waals surface area contributed by atoms with E-state index in [0.29, 0.717) is 28.0 Å². The summed E-state index contributed by atoms with van der Waals surface area (Å²) in [7, 11) is 4.68. The number of nitrogens with zero attached hydrogens (tertiary/aromatic N) is 3. The molecule has 156 valence electrons. The highest BCUT2D eigenvalue weighted by Gasteiger charge is 2.21. The zero-order chi connectivity index (χ0) is 21.4. The molecule has 1 N–H and O–H groups in total. The summed E-state index contributed by atoms with van der Waals surface area (Å²) in [6, 6.07) is 10.6. The predicted octanol–water partition coefficient (Wildman–Crippen LogP) is 2.10. The van der Waals surface area contributed by atoms with Crippen molar-refractivity contribution in [2.75, 3.05) is 30.4 Å². The number of nitrogens with one attached hydrogen (secondary N) is 1. The molecular formula is C22H24N4O4. The van der Waals surface area contributed by atoms with Crippen molar-refractivity contribution in [2.45, 2.75) is 12.8 Å². The molecule has 1 saturated heterocycles. The molecule has 0 radical (unpaired) electrons. The summed E-state index contributed by atoms with van der Waals surface area (Å²) in [6.07, 6.45) is 2.12. The fraction of sp³-hybridized carbons (Fsp3) is 0.318. The number of rotatable bonds is 4. The van der Waals surface area contributed by atoms with Gasteiger partial charge in [0.05, 0.1) is 35.1 Å². The minimum absolute atomic E-state index is 0.304. The lowest BCUT2D eigenvalue weighted by molar-refractivity contribution is 0.102. The van der Waals surface area contributed by atoms with Crippen molar-refractivity contribution in [1.82, 2.24) is 9.13 Å². The third kappa shape index (κ3) is 3.24. The Labute approximate surface area is 173 Å². The van der Waals surface area contributed by atoms with Gasteiger partial charge in [-0.2, -0.15) is 0 Å². The van der Waals surface area contributed by atoms with Gasteiger partial charge < -0.3 is 24.1 Å². The van der Waals surface area contributed by atoms with Gasteiger partial charge in [-0.05, 0) is 37.1 Å². The van der Waals surface area contributed by atoms with E-state index in [4.69, 9.17) is 4.74 Å². The van der Waals surface area contributed by atoms with E-state index in [1.54, 1.807) is 44.4 Å². The van der Waals surface area contributed by atoms with Gasteiger partial charge in [-0.1, -0.05) is 12.1 Å². The number of amides is 1. The SMILES string of the molecule is COc1ccccc1C(=O)Nc1cc2c(cc1N1CCCC1)n(C)c(=O)c(=O)n2C. The molecule has 2 heterocycles. The number of carbonyl (C=O) groups is 1. The van der Waals surface area contributed by atoms with Crippen molar-refractivity contribution in [3.63, 3.8) is 0 Å². The van der Waals surface area contributed by atoms with E-state index >= 15 is 0 Å². The Kier molecular flexibility index (Phi) is 5.07. The Hall–Kier alpha value is -3.55. The first kappa shape index (κ1) is 19.8. The normalized spacial score (nSPS) is 13.6. The van der Waals surface area contributed by atoms with Crippen molar-refractivity contribution >= 4 is 28.3 Å². The maximum atomic E-state index is 13.0. The number of fused-ring (bicyclic) bond motifs is 1. The first-order valence-electron chi connectivity index (χ1n) is 9.85. The van der Waals surface area contributed by atoms with Crippen LogP contribution in [-0.4, -0.2) is 35.2 Å². The van der Waals surface area contributed by atoms with Gasteiger partial charge in [0.1, 0.15) is 5.75 Å². The molecular weight excluding hydrogens is 384 g/mol. The summed E-state index contributed by atoms with van der Waals surface area (Å²) < 4.78 is 8.00. The zero-order valence-electron chi connectivity index (χ0n) is 17.3. The molecule has 1 amide bonds. The predicted molar refractivity (Wildman–Crippen MR) is 117 cm³/mol. The van der Waals surface area contributed by atoms with Crippen LogP contribution in [0.5, 0.6) is 5.75 Å². The molecule has 2 aromatic carbocycles. The molecule has 0 spiro atoms. The molecule has 8 heteroatoms. The lowest BCUT2D eigenvalue weighted by Gasteiger charge is -2.23. The van der Waals surface area contributed by atoms with Crippen LogP contribution in [0.1, 0.15) is 23.2 Å². The fourth-order valence-corrected chi connectivity index (χ4v) is 3.95. The Morgan fingerprint density at radius 3 is 2.20 bits per heavy atom. The number of hydrogen-bond donors (Lipinski definition) is 1. The first-order chi connectivity index (χ1) is 14.4. The highest BCUT2D eigenvalue weighted by Crippen LogP contribution is 2.33. The quantitative estimate of drug-likeness (QED) is 0.669. The molecule has 30 heavy (non-hydrogen) atoms. The van der Waals surface area contributed by atoms with Crippen LogP contribution >= 0.6 is 0 Å². The molecule has 1 aliphatic heterocycles. The van der Waals surface area contributed by atoms with Crippen LogP contribution < -0.4 is 26.1 Å². The van der Waals surface area contributed by atoms with E-state index in [0.717, 1.165) is 31.6 Å². The van der Waals surface area contributed by atoms with Crippen LogP contribution in [0.4, 0.5) is 11.4 Å². The number of ether oxygens (including phenoxy) is 1. The average molecular weight is 408 g/mol. The number of benzene rings is 2. The number of hydrogen-bond acceptors (Lipinski definition) is 5. The molecule has 4 rings (SSSR count). The summed E-state index contributed by atoms with van der Waals surface area (Å²) in [5, 5.41) is 2.99. The second kappa shape index (κ2) is 7.70. The minimum atomic E-state index is -0.610. The van der Waals surface area contributed by atoms with Crippen molar-refractivity contribution in [1.29, 1.82) is 0 Å². The Bertz CT molecular complexity index is 1250. The highest BCUT2D eigenvalue weighted by molar-refractivity contribution is 6.08. The van der Waals surface area contributed by atoms with E-state index in [1.807, 2.05) is 6.07 Å². The van der Waals surface area contributed by atoms with Gasteiger partial charge in [0.2, 0.25) is 0 Å². The van der Waals surface area contributed by atoms with Gasteiger partial charge in [-0.3, -0.25) is 14.4 Å². The molecule has 1 fully saturated rings. The number of aromatic nitrogens is 2. The summed E-state index contributed by atoms with van der Waals surface area (Å²) >= 11 is 0.